The third-order valence-electron chi connectivity index (χ3n) is 2.57. The molecule has 0 heterocycles. The SMILES string of the molecule is N#Cc1ccc(CSc2cccc(CO)c2)cc1. The first kappa shape index (κ1) is 12.7. The molecule has 1 N–H and O–H groups in total. The quantitative estimate of drug-likeness (QED) is 0.852. The van der Waals surface area contributed by atoms with E-state index in [-0.39, 0.29) is 6.61 Å². The molecule has 0 aliphatic carbocycles. The molecule has 0 aromatic heterocycles. The first-order valence-electron chi connectivity index (χ1n) is 5.63. The van der Waals surface area contributed by atoms with Crippen molar-refractivity contribution in [2.45, 2.75) is 17.3 Å². The molecule has 0 bridgehead atoms. The smallest absolute Gasteiger partial charge is 0.0991 e. The fourth-order valence-electron chi connectivity index (χ4n) is 1.58. The van der Waals surface area contributed by atoms with Crippen LogP contribution in [0.5, 0.6) is 0 Å². The molecule has 0 amide bonds. The lowest BCUT2D eigenvalue weighted by atomic mass is 10.2. The highest BCUT2D eigenvalue weighted by atomic mass is 32.2. The number of rotatable bonds is 4. The first-order chi connectivity index (χ1) is 8.81. The maximum absolute atomic E-state index is 9.07. The van der Waals surface area contributed by atoms with Crippen LogP contribution in [0.25, 0.3) is 0 Å². The van der Waals surface area contributed by atoms with Gasteiger partial charge in [-0.05, 0) is 35.4 Å². The Kier molecular flexibility index (Phi) is 4.40. The standard InChI is InChI=1S/C15H13NOS/c16-9-12-4-6-13(7-5-12)11-18-15-3-1-2-14(8-15)10-17/h1-8,17H,10-11H2. The van der Waals surface area contributed by atoms with Crippen molar-refractivity contribution in [1.29, 1.82) is 5.26 Å². The van der Waals surface area contributed by atoms with Crippen molar-refractivity contribution in [1.82, 2.24) is 0 Å². The largest absolute Gasteiger partial charge is 0.392 e. The summed E-state index contributed by atoms with van der Waals surface area (Å²) in [5.74, 6) is 0.862. The first-order valence-corrected chi connectivity index (χ1v) is 6.62. The number of hydrogen-bond donors (Lipinski definition) is 1. The molecular weight excluding hydrogens is 242 g/mol. The Morgan fingerprint density at radius 2 is 1.83 bits per heavy atom. The molecule has 0 atom stereocenters. The van der Waals surface area contributed by atoms with E-state index in [0.29, 0.717) is 5.56 Å². The van der Waals surface area contributed by atoms with Crippen LogP contribution in [0.2, 0.25) is 0 Å². The second-order valence-corrected chi connectivity index (χ2v) is 4.95. The molecule has 0 saturated heterocycles. The summed E-state index contributed by atoms with van der Waals surface area (Å²) >= 11 is 1.72. The Balaban J connectivity index is 2.00. The van der Waals surface area contributed by atoms with Gasteiger partial charge in [0.25, 0.3) is 0 Å². The molecule has 2 rings (SSSR count). The van der Waals surface area contributed by atoms with Gasteiger partial charge in [0.15, 0.2) is 0 Å². The molecule has 0 spiro atoms. The van der Waals surface area contributed by atoms with Crippen molar-refractivity contribution >= 4 is 11.8 Å². The highest BCUT2D eigenvalue weighted by molar-refractivity contribution is 7.98. The summed E-state index contributed by atoms with van der Waals surface area (Å²) in [7, 11) is 0. The summed E-state index contributed by atoms with van der Waals surface area (Å²) in [4.78, 5) is 1.14. The minimum absolute atomic E-state index is 0.0747. The Labute approximate surface area is 111 Å². The lowest BCUT2D eigenvalue weighted by molar-refractivity contribution is 0.281. The maximum atomic E-state index is 9.07. The number of nitrogens with zero attached hydrogens (tertiary/aromatic N) is 1. The van der Waals surface area contributed by atoms with Crippen LogP contribution in [0.1, 0.15) is 16.7 Å². The van der Waals surface area contributed by atoms with Crippen molar-refractivity contribution in [2.24, 2.45) is 0 Å². The van der Waals surface area contributed by atoms with Crippen LogP contribution >= 0.6 is 11.8 Å². The Morgan fingerprint density at radius 3 is 2.50 bits per heavy atom. The zero-order valence-corrected chi connectivity index (χ0v) is 10.7. The summed E-state index contributed by atoms with van der Waals surface area (Å²) in [5, 5.41) is 17.8. The van der Waals surface area contributed by atoms with Gasteiger partial charge >= 0.3 is 0 Å². The van der Waals surface area contributed by atoms with E-state index in [9.17, 15) is 0 Å². The van der Waals surface area contributed by atoms with Gasteiger partial charge < -0.3 is 5.11 Å². The van der Waals surface area contributed by atoms with E-state index in [1.54, 1.807) is 11.8 Å². The normalized spacial score (nSPS) is 10.0. The number of hydrogen-bond acceptors (Lipinski definition) is 3. The summed E-state index contributed by atoms with van der Waals surface area (Å²) in [5.41, 5.74) is 2.80. The van der Waals surface area contributed by atoms with E-state index in [0.717, 1.165) is 16.2 Å². The van der Waals surface area contributed by atoms with Crippen LogP contribution in [-0.4, -0.2) is 5.11 Å². The van der Waals surface area contributed by atoms with Crippen molar-refractivity contribution < 1.29 is 5.11 Å². The molecule has 0 aliphatic heterocycles. The third-order valence-corrected chi connectivity index (χ3v) is 3.63. The fraction of sp³-hybridized carbons (Fsp3) is 0.133. The molecule has 2 aromatic carbocycles. The van der Waals surface area contributed by atoms with Crippen LogP contribution in [0.15, 0.2) is 53.4 Å². The summed E-state index contributed by atoms with van der Waals surface area (Å²) < 4.78 is 0. The van der Waals surface area contributed by atoms with Crippen LogP contribution in [0.4, 0.5) is 0 Å². The van der Waals surface area contributed by atoms with Gasteiger partial charge in [0.05, 0.1) is 18.2 Å². The maximum Gasteiger partial charge on any atom is 0.0991 e. The molecule has 2 nitrogen and oxygen atoms in total. The molecule has 0 aliphatic rings. The average Bonchev–Trinajstić information content (AvgIpc) is 2.46. The molecule has 0 fully saturated rings. The van der Waals surface area contributed by atoms with Gasteiger partial charge in [-0.3, -0.25) is 0 Å². The van der Waals surface area contributed by atoms with Crippen LogP contribution in [0.3, 0.4) is 0 Å². The van der Waals surface area contributed by atoms with E-state index in [1.807, 2.05) is 48.5 Å². The van der Waals surface area contributed by atoms with Gasteiger partial charge in [-0.15, -0.1) is 11.8 Å². The van der Waals surface area contributed by atoms with Crippen LogP contribution in [0, 0.1) is 11.3 Å². The monoisotopic (exact) mass is 255 g/mol. The summed E-state index contributed by atoms with van der Waals surface area (Å²) in [6.07, 6.45) is 0. The molecule has 2 aromatic rings. The minimum Gasteiger partial charge on any atom is -0.392 e. The molecule has 90 valence electrons. The topological polar surface area (TPSA) is 44.0 Å². The molecule has 3 heteroatoms. The van der Waals surface area contributed by atoms with Gasteiger partial charge in [0.1, 0.15) is 0 Å². The number of aliphatic hydroxyl groups is 1. The van der Waals surface area contributed by atoms with Gasteiger partial charge in [-0.2, -0.15) is 5.26 Å². The average molecular weight is 255 g/mol. The van der Waals surface area contributed by atoms with E-state index >= 15 is 0 Å². The summed E-state index contributed by atoms with van der Waals surface area (Å²) in [6, 6.07) is 17.6. The molecule has 0 radical (unpaired) electrons. The highest BCUT2D eigenvalue weighted by Gasteiger charge is 1.98. The lowest BCUT2D eigenvalue weighted by Gasteiger charge is -2.04. The Hall–Kier alpha value is -1.76. The van der Waals surface area contributed by atoms with Crippen molar-refractivity contribution in [3.8, 4) is 6.07 Å². The highest BCUT2D eigenvalue weighted by Crippen LogP contribution is 2.23. The zero-order chi connectivity index (χ0) is 12.8. The predicted molar refractivity (Wildman–Crippen MR) is 73.1 cm³/mol. The van der Waals surface area contributed by atoms with Crippen molar-refractivity contribution in [3.05, 3.63) is 65.2 Å². The van der Waals surface area contributed by atoms with Gasteiger partial charge in [-0.25, -0.2) is 0 Å². The van der Waals surface area contributed by atoms with Gasteiger partial charge in [0.2, 0.25) is 0 Å². The third kappa shape index (κ3) is 3.36. The van der Waals surface area contributed by atoms with E-state index < -0.39 is 0 Å². The number of thioether (sulfide) groups is 1. The fourth-order valence-corrected chi connectivity index (χ4v) is 2.51. The molecule has 0 unspecified atom stereocenters. The van der Waals surface area contributed by atoms with Crippen LogP contribution < -0.4 is 0 Å². The lowest BCUT2D eigenvalue weighted by Crippen LogP contribution is -1.84. The minimum atomic E-state index is 0.0747. The second-order valence-electron chi connectivity index (χ2n) is 3.90. The van der Waals surface area contributed by atoms with Crippen LogP contribution in [-0.2, 0) is 12.4 Å². The molecule has 18 heavy (non-hydrogen) atoms. The van der Waals surface area contributed by atoms with Gasteiger partial charge in [-0.1, -0.05) is 24.3 Å². The van der Waals surface area contributed by atoms with E-state index in [1.165, 1.54) is 5.56 Å². The zero-order valence-electron chi connectivity index (χ0n) is 9.84. The van der Waals surface area contributed by atoms with E-state index in [2.05, 4.69) is 6.07 Å². The predicted octanol–water partition coefficient (Wildman–Crippen LogP) is 3.34. The Bertz CT molecular complexity index is 557. The van der Waals surface area contributed by atoms with Crippen molar-refractivity contribution in [2.75, 3.05) is 0 Å². The van der Waals surface area contributed by atoms with Gasteiger partial charge in [0, 0.05) is 10.6 Å². The second kappa shape index (κ2) is 6.25. The summed E-state index contributed by atoms with van der Waals surface area (Å²) in [6.45, 7) is 0.0747. The molecule has 0 saturated carbocycles. The number of nitriles is 1. The Morgan fingerprint density at radius 1 is 1.06 bits per heavy atom. The van der Waals surface area contributed by atoms with E-state index in [4.69, 9.17) is 10.4 Å². The van der Waals surface area contributed by atoms with Crippen molar-refractivity contribution in [3.63, 3.8) is 0 Å². The number of benzene rings is 2. The number of aliphatic hydroxyl groups excluding tert-OH is 1. The molecular formula is C15H13NOS.